The van der Waals surface area contributed by atoms with Crippen molar-refractivity contribution < 1.29 is 4.79 Å². The number of amides is 1. The molecule has 1 atom stereocenters. The van der Waals surface area contributed by atoms with E-state index in [1.54, 1.807) is 12.4 Å². The van der Waals surface area contributed by atoms with Crippen LogP contribution in [0.25, 0.3) is 0 Å². The van der Waals surface area contributed by atoms with E-state index in [9.17, 15) is 4.79 Å². The van der Waals surface area contributed by atoms with Crippen LogP contribution in [0.3, 0.4) is 0 Å². The first-order valence-electron chi connectivity index (χ1n) is 7.22. The van der Waals surface area contributed by atoms with Gasteiger partial charge >= 0.3 is 0 Å². The number of piperidine rings is 1. The Hall–Kier alpha value is -2.24. The molecular formula is C15H19N5O. The van der Waals surface area contributed by atoms with Gasteiger partial charge in [-0.25, -0.2) is 9.97 Å². The number of carbonyl (C=O) groups is 1. The molecule has 0 spiro atoms. The van der Waals surface area contributed by atoms with E-state index in [2.05, 4.69) is 19.5 Å². The van der Waals surface area contributed by atoms with Crippen LogP contribution in [0.2, 0.25) is 0 Å². The fourth-order valence-corrected chi connectivity index (χ4v) is 2.80. The lowest BCUT2D eigenvalue weighted by Crippen LogP contribution is -2.41. The molecule has 1 saturated heterocycles. The van der Waals surface area contributed by atoms with E-state index in [0.29, 0.717) is 18.3 Å². The highest BCUT2D eigenvalue weighted by Crippen LogP contribution is 2.23. The summed E-state index contributed by atoms with van der Waals surface area (Å²) in [6.07, 6.45) is 9.05. The third-order valence-corrected chi connectivity index (χ3v) is 3.94. The molecule has 2 aromatic rings. The van der Waals surface area contributed by atoms with Crippen LogP contribution in [0, 0.1) is 13.8 Å². The molecule has 21 heavy (non-hydrogen) atoms. The Bertz CT molecular complexity index is 634. The summed E-state index contributed by atoms with van der Waals surface area (Å²) in [6.45, 7) is 5.33. The number of rotatable bonds is 2. The number of likely N-dealkylation sites (tertiary alicyclic amines) is 1. The molecule has 0 saturated carbocycles. The van der Waals surface area contributed by atoms with Crippen molar-refractivity contribution in [3.63, 3.8) is 0 Å². The smallest absolute Gasteiger partial charge is 0.274 e. The second-order valence-corrected chi connectivity index (χ2v) is 5.47. The van der Waals surface area contributed by atoms with Crippen LogP contribution in [-0.2, 0) is 0 Å². The Morgan fingerprint density at radius 3 is 2.76 bits per heavy atom. The van der Waals surface area contributed by atoms with Gasteiger partial charge in [0.1, 0.15) is 11.5 Å². The Morgan fingerprint density at radius 1 is 1.24 bits per heavy atom. The van der Waals surface area contributed by atoms with Crippen molar-refractivity contribution in [2.45, 2.75) is 32.7 Å². The standard InChI is InChI=1S/C15H19N5O/c1-11-8-18-14(9-17-11)15(21)19-6-3-4-13(10-19)20-7-5-16-12(20)2/h5,7-9,13H,3-4,6,10H2,1-2H3. The molecule has 0 radical (unpaired) electrons. The fourth-order valence-electron chi connectivity index (χ4n) is 2.80. The first-order chi connectivity index (χ1) is 10.1. The molecule has 1 unspecified atom stereocenters. The van der Waals surface area contributed by atoms with Gasteiger partial charge in [-0.1, -0.05) is 0 Å². The molecular weight excluding hydrogens is 266 g/mol. The van der Waals surface area contributed by atoms with Crippen LogP contribution >= 0.6 is 0 Å². The zero-order chi connectivity index (χ0) is 14.8. The molecule has 0 bridgehead atoms. The molecule has 110 valence electrons. The summed E-state index contributed by atoms with van der Waals surface area (Å²) in [4.78, 5) is 27.0. The largest absolute Gasteiger partial charge is 0.335 e. The van der Waals surface area contributed by atoms with Gasteiger partial charge in [-0.2, -0.15) is 0 Å². The minimum atomic E-state index is -0.0371. The van der Waals surface area contributed by atoms with E-state index in [4.69, 9.17) is 0 Å². The maximum Gasteiger partial charge on any atom is 0.274 e. The summed E-state index contributed by atoms with van der Waals surface area (Å²) in [5.74, 6) is 0.953. The maximum absolute atomic E-state index is 12.5. The van der Waals surface area contributed by atoms with Crippen molar-refractivity contribution in [3.05, 3.63) is 42.0 Å². The summed E-state index contributed by atoms with van der Waals surface area (Å²) in [5, 5.41) is 0. The predicted octanol–water partition coefficient (Wildman–Crippen LogP) is 1.77. The first-order valence-corrected chi connectivity index (χ1v) is 7.22. The molecule has 1 fully saturated rings. The van der Waals surface area contributed by atoms with E-state index >= 15 is 0 Å². The second kappa shape index (κ2) is 5.63. The third-order valence-electron chi connectivity index (χ3n) is 3.94. The average molecular weight is 285 g/mol. The van der Waals surface area contributed by atoms with Crippen LogP contribution < -0.4 is 0 Å². The van der Waals surface area contributed by atoms with Crippen molar-refractivity contribution in [1.29, 1.82) is 0 Å². The van der Waals surface area contributed by atoms with Gasteiger partial charge in [0.05, 0.1) is 17.9 Å². The Kier molecular flexibility index (Phi) is 3.68. The highest BCUT2D eigenvalue weighted by molar-refractivity contribution is 5.92. The molecule has 0 N–H and O–H groups in total. The molecule has 1 amide bonds. The minimum Gasteiger partial charge on any atom is -0.335 e. The van der Waals surface area contributed by atoms with Crippen molar-refractivity contribution in [3.8, 4) is 0 Å². The molecule has 3 rings (SSSR count). The highest BCUT2D eigenvalue weighted by Gasteiger charge is 2.26. The van der Waals surface area contributed by atoms with Crippen molar-refractivity contribution in [2.75, 3.05) is 13.1 Å². The second-order valence-electron chi connectivity index (χ2n) is 5.47. The maximum atomic E-state index is 12.5. The lowest BCUT2D eigenvalue weighted by Gasteiger charge is -2.33. The molecule has 6 nitrogen and oxygen atoms in total. The Labute approximate surface area is 123 Å². The lowest BCUT2D eigenvalue weighted by atomic mass is 10.0. The number of nitrogens with zero attached hydrogens (tertiary/aromatic N) is 5. The molecule has 1 aliphatic heterocycles. The van der Waals surface area contributed by atoms with Gasteiger partial charge in [0, 0.05) is 31.7 Å². The minimum absolute atomic E-state index is 0.0371. The van der Waals surface area contributed by atoms with Crippen LogP contribution in [-0.4, -0.2) is 43.4 Å². The predicted molar refractivity (Wildman–Crippen MR) is 77.9 cm³/mol. The topological polar surface area (TPSA) is 63.9 Å². The number of imidazole rings is 1. The van der Waals surface area contributed by atoms with Gasteiger partial charge in [-0.3, -0.25) is 9.78 Å². The summed E-state index contributed by atoms with van der Waals surface area (Å²) in [6, 6.07) is 0.295. The van der Waals surface area contributed by atoms with E-state index < -0.39 is 0 Å². The van der Waals surface area contributed by atoms with Gasteiger partial charge in [0.2, 0.25) is 0 Å². The molecule has 2 aromatic heterocycles. The van der Waals surface area contributed by atoms with E-state index in [1.807, 2.05) is 31.1 Å². The number of hydrogen-bond acceptors (Lipinski definition) is 4. The van der Waals surface area contributed by atoms with Gasteiger partial charge < -0.3 is 9.47 Å². The van der Waals surface area contributed by atoms with Crippen molar-refractivity contribution in [2.24, 2.45) is 0 Å². The monoisotopic (exact) mass is 285 g/mol. The summed E-state index contributed by atoms with van der Waals surface area (Å²) >= 11 is 0. The molecule has 3 heterocycles. The van der Waals surface area contributed by atoms with Crippen LogP contribution in [0.1, 0.15) is 40.9 Å². The van der Waals surface area contributed by atoms with Gasteiger partial charge in [-0.15, -0.1) is 0 Å². The summed E-state index contributed by atoms with van der Waals surface area (Å²) in [7, 11) is 0. The van der Waals surface area contributed by atoms with E-state index in [-0.39, 0.29) is 5.91 Å². The average Bonchev–Trinajstić information content (AvgIpc) is 2.94. The number of carbonyl (C=O) groups excluding carboxylic acids is 1. The highest BCUT2D eigenvalue weighted by atomic mass is 16.2. The van der Waals surface area contributed by atoms with Crippen molar-refractivity contribution >= 4 is 5.91 Å². The molecule has 1 aliphatic rings. The van der Waals surface area contributed by atoms with Gasteiger partial charge in [0.15, 0.2) is 0 Å². The quantitative estimate of drug-likeness (QED) is 0.843. The number of aryl methyl sites for hydroxylation is 2. The van der Waals surface area contributed by atoms with E-state index in [0.717, 1.165) is 30.9 Å². The zero-order valence-corrected chi connectivity index (χ0v) is 12.4. The Balaban J connectivity index is 1.75. The van der Waals surface area contributed by atoms with Crippen LogP contribution in [0.4, 0.5) is 0 Å². The van der Waals surface area contributed by atoms with Gasteiger partial charge in [0.25, 0.3) is 5.91 Å². The SMILES string of the molecule is Cc1cnc(C(=O)N2CCCC(n3ccnc3C)C2)cn1. The number of hydrogen-bond donors (Lipinski definition) is 0. The molecule has 0 aliphatic carbocycles. The Morgan fingerprint density at radius 2 is 2.10 bits per heavy atom. The van der Waals surface area contributed by atoms with Crippen LogP contribution in [0.15, 0.2) is 24.8 Å². The van der Waals surface area contributed by atoms with Crippen LogP contribution in [0.5, 0.6) is 0 Å². The fraction of sp³-hybridized carbons (Fsp3) is 0.467. The first kappa shape index (κ1) is 13.7. The zero-order valence-electron chi connectivity index (χ0n) is 12.4. The molecule has 0 aromatic carbocycles. The summed E-state index contributed by atoms with van der Waals surface area (Å²) in [5.41, 5.74) is 1.24. The number of aromatic nitrogens is 4. The van der Waals surface area contributed by atoms with Gasteiger partial charge in [-0.05, 0) is 26.7 Å². The third kappa shape index (κ3) is 2.79. The lowest BCUT2D eigenvalue weighted by molar-refractivity contribution is 0.0672. The van der Waals surface area contributed by atoms with E-state index in [1.165, 1.54) is 0 Å². The molecule has 6 heteroatoms. The summed E-state index contributed by atoms with van der Waals surface area (Å²) < 4.78 is 2.15. The normalized spacial score (nSPS) is 18.8. The van der Waals surface area contributed by atoms with Crippen molar-refractivity contribution in [1.82, 2.24) is 24.4 Å².